The van der Waals surface area contributed by atoms with Crippen molar-refractivity contribution in [1.82, 2.24) is 4.98 Å². The van der Waals surface area contributed by atoms with Gasteiger partial charge in [0.05, 0.1) is 12.6 Å². The van der Waals surface area contributed by atoms with Crippen molar-refractivity contribution in [2.75, 3.05) is 26.1 Å². The molecule has 112 valence electrons. The monoisotopic (exact) mass is 286 g/mol. The van der Waals surface area contributed by atoms with E-state index in [1.807, 2.05) is 21.0 Å². The second kappa shape index (κ2) is 6.12. The van der Waals surface area contributed by atoms with Crippen LogP contribution in [0.2, 0.25) is 0 Å². The highest BCUT2D eigenvalue weighted by atomic mass is 16.5. The van der Waals surface area contributed by atoms with Crippen LogP contribution < -0.4 is 4.90 Å². The van der Waals surface area contributed by atoms with Gasteiger partial charge in [0.1, 0.15) is 0 Å². The molecule has 1 aromatic carbocycles. The summed E-state index contributed by atoms with van der Waals surface area (Å²) in [6, 6.07) is 6.33. The number of hydrogen-bond donors (Lipinski definition) is 0. The Hall–Kier alpha value is -2.10. The van der Waals surface area contributed by atoms with E-state index >= 15 is 0 Å². The summed E-state index contributed by atoms with van der Waals surface area (Å²) >= 11 is 0. The fourth-order valence-corrected chi connectivity index (χ4v) is 2.54. The number of nitrogens with zero attached hydrogens (tertiary/aromatic N) is 2. The summed E-state index contributed by atoms with van der Waals surface area (Å²) in [6.45, 7) is 4.08. The van der Waals surface area contributed by atoms with Gasteiger partial charge in [-0.25, -0.2) is 0 Å². The second-order valence-electron chi connectivity index (χ2n) is 5.56. The predicted molar refractivity (Wildman–Crippen MR) is 85.9 cm³/mol. The first kappa shape index (κ1) is 15.3. The minimum Gasteiger partial charge on any atom is -0.469 e. The van der Waals surface area contributed by atoms with Crippen molar-refractivity contribution < 1.29 is 9.53 Å². The van der Waals surface area contributed by atoms with Crippen LogP contribution in [0, 0.1) is 13.8 Å². The zero-order valence-electron chi connectivity index (χ0n) is 13.4. The molecular weight excluding hydrogens is 264 g/mol. The van der Waals surface area contributed by atoms with Gasteiger partial charge in [0.2, 0.25) is 0 Å². The number of carbonyl (C=O) groups excluding carboxylic acids is 1. The lowest BCUT2D eigenvalue weighted by Gasteiger charge is -2.18. The molecule has 0 bridgehead atoms. The number of hydrogen-bond acceptors (Lipinski definition) is 4. The molecule has 1 aromatic heterocycles. The molecule has 0 N–H and O–H groups in total. The predicted octanol–water partition coefficient (Wildman–Crippen LogP) is 3.02. The van der Waals surface area contributed by atoms with Gasteiger partial charge in [-0.2, -0.15) is 0 Å². The lowest BCUT2D eigenvalue weighted by Crippen LogP contribution is -2.10. The van der Waals surface area contributed by atoms with E-state index in [0.29, 0.717) is 12.8 Å². The third kappa shape index (κ3) is 3.32. The molecule has 2 aromatic rings. The summed E-state index contributed by atoms with van der Waals surface area (Å²) < 4.78 is 4.71. The molecule has 0 spiro atoms. The molecule has 0 aliphatic carbocycles. The van der Waals surface area contributed by atoms with E-state index in [0.717, 1.165) is 33.4 Å². The zero-order chi connectivity index (χ0) is 15.6. The maximum atomic E-state index is 11.3. The first-order valence-electron chi connectivity index (χ1n) is 7.07. The van der Waals surface area contributed by atoms with E-state index in [2.05, 4.69) is 35.0 Å². The lowest BCUT2D eigenvalue weighted by molar-refractivity contribution is -0.140. The van der Waals surface area contributed by atoms with E-state index in [4.69, 9.17) is 4.74 Å². The van der Waals surface area contributed by atoms with Crippen molar-refractivity contribution in [3.8, 4) is 0 Å². The largest absolute Gasteiger partial charge is 0.469 e. The molecule has 2 rings (SSSR count). The number of ether oxygens (including phenoxy) is 1. The molecule has 0 unspecified atom stereocenters. The Bertz CT molecular complexity index is 678. The van der Waals surface area contributed by atoms with Gasteiger partial charge in [-0.05, 0) is 43.5 Å². The van der Waals surface area contributed by atoms with Crippen molar-refractivity contribution in [2.45, 2.75) is 26.7 Å². The maximum absolute atomic E-state index is 11.3. The number of aryl methyl sites for hydroxylation is 3. The van der Waals surface area contributed by atoms with E-state index in [1.165, 1.54) is 7.11 Å². The number of benzene rings is 1. The highest BCUT2D eigenvalue weighted by molar-refractivity contribution is 5.94. The van der Waals surface area contributed by atoms with Gasteiger partial charge in [0, 0.05) is 37.3 Å². The Labute approximate surface area is 125 Å². The number of methoxy groups -OCH3 is 1. The maximum Gasteiger partial charge on any atom is 0.305 e. The van der Waals surface area contributed by atoms with Crippen molar-refractivity contribution >= 4 is 22.6 Å². The molecular formula is C17H22N2O2. The molecule has 0 amide bonds. The number of carbonyl (C=O) groups is 1. The Morgan fingerprint density at radius 3 is 2.57 bits per heavy atom. The first-order valence-corrected chi connectivity index (χ1v) is 7.07. The molecule has 0 radical (unpaired) electrons. The average molecular weight is 286 g/mol. The van der Waals surface area contributed by atoms with Crippen LogP contribution in [0.1, 0.15) is 23.2 Å². The van der Waals surface area contributed by atoms with Crippen LogP contribution in [0.3, 0.4) is 0 Å². The Balaban J connectivity index is 2.50. The van der Waals surface area contributed by atoms with E-state index in [1.54, 1.807) is 0 Å². The summed E-state index contributed by atoms with van der Waals surface area (Å²) in [6.07, 6.45) is 1.09. The first-order chi connectivity index (χ1) is 9.92. The van der Waals surface area contributed by atoms with E-state index in [-0.39, 0.29) is 5.97 Å². The van der Waals surface area contributed by atoms with Crippen molar-refractivity contribution in [1.29, 1.82) is 0 Å². The Morgan fingerprint density at radius 2 is 1.95 bits per heavy atom. The van der Waals surface area contributed by atoms with Crippen LogP contribution in [0.4, 0.5) is 5.69 Å². The normalized spacial score (nSPS) is 10.7. The van der Waals surface area contributed by atoms with Crippen LogP contribution in [0.25, 0.3) is 10.9 Å². The molecule has 1 heterocycles. The molecule has 21 heavy (non-hydrogen) atoms. The molecule has 0 fully saturated rings. The molecule has 0 saturated heterocycles. The average Bonchev–Trinajstić information content (AvgIpc) is 2.44. The number of esters is 1. The Morgan fingerprint density at radius 1 is 1.24 bits per heavy atom. The van der Waals surface area contributed by atoms with Gasteiger partial charge in [-0.1, -0.05) is 6.07 Å². The van der Waals surface area contributed by atoms with Crippen LogP contribution in [0.5, 0.6) is 0 Å². The third-order valence-electron chi connectivity index (χ3n) is 3.60. The van der Waals surface area contributed by atoms with Crippen LogP contribution >= 0.6 is 0 Å². The summed E-state index contributed by atoms with van der Waals surface area (Å²) in [5, 5.41) is 1.13. The third-order valence-corrected chi connectivity index (χ3v) is 3.60. The topological polar surface area (TPSA) is 42.4 Å². The quantitative estimate of drug-likeness (QED) is 0.810. The highest BCUT2D eigenvalue weighted by Crippen LogP contribution is 2.29. The molecule has 4 heteroatoms. The van der Waals surface area contributed by atoms with Gasteiger partial charge < -0.3 is 9.64 Å². The molecule has 0 aliphatic rings. The number of pyridine rings is 1. The lowest BCUT2D eigenvalue weighted by atomic mass is 10.0. The fraction of sp³-hybridized carbons (Fsp3) is 0.412. The van der Waals surface area contributed by atoms with Gasteiger partial charge in [0.25, 0.3) is 0 Å². The standard InChI is InChI=1S/C17H22N2O2/c1-11-8-13(6-7-16(20)21-5)10-14-15(19(3)4)9-12(2)18-17(11)14/h8-10H,6-7H2,1-5H3. The van der Waals surface area contributed by atoms with Gasteiger partial charge in [0.15, 0.2) is 0 Å². The van der Waals surface area contributed by atoms with Crippen molar-refractivity contribution in [3.05, 3.63) is 35.0 Å². The number of anilines is 1. The minimum absolute atomic E-state index is 0.178. The number of rotatable bonds is 4. The molecule has 0 aliphatic heterocycles. The number of fused-ring (bicyclic) bond motifs is 1. The summed E-state index contributed by atoms with van der Waals surface area (Å²) in [5.41, 5.74) is 5.47. The Kier molecular flexibility index (Phi) is 4.46. The number of aromatic nitrogens is 1. The van der Waals surface area contributed by atoms with Gasteiger partial charge >= 0.3 is 5.97 Å². The highest BCUT2D eigenvalue weighted by Gasteiger charge is 2.11. The van der Waals surface area contributed by atoms with Gasteiger partial charge in [-0.15, -0.1) is 0 Å². The minimum atomic E-state index is -0.178. The zero-order valence-corrected chi connectivity index (χ0v) is 13.4. The van der Waals surface area contributed by atoms with Crippen LogP contribution in [0.15, 0.2) is 18.2 Å². The van der Waals surface area contributed by atoms with Crippen LogP contribution in [-0.4, -0.2) is 32.2 Å². The summed E-state index contributed by atoms with van der Waals surface area (Å²) in [5.74, 6) is -0.178. The smallest absolute Gasteiger partial charge is 0.305 e. The SMILES string of the molecule is COC(=O)CCc1cc(C)c2nc(C)cc(N(C)C)c2c1. The fourth-order valence-electron chi connectivity index (χ4n) is 2.54. The van der Waals surface area contributed by atoms with Gasteiger partial charge in [-0.3, -0.25) is 9.78 Å². The van der Waals surface area contributed by atoms with Crippen molar-refractivity contribution in [3.63, 3.8) is 0 Å². The molecule has 0 atom stereocenters. The summed E-state index contributed by atoms with van der Waals surface area (Å²) in [7, 11) is 5.49. The van der Waals surface area contributed by atoms with Crippen molar-refractivity contribution in [2.24, 2.45) is 0 Å². The second-order valence-corrected chi connectivity index (χ2v) is 5.56. The van der Waals surface area contributed by atoms with E-state index in [9.17, 15) is 4.79 Å². The molecule has 4 nitrogen and oxygen atoms in total. The summed E-state index contributed by atoms with van der Waals surface area (Å²) in [4.78, 5) is 18.1. The van der Waals surface area contributed by atoms with Crippen LogP contribution in [-0.2, 0) is 16.0 Å². The molecule has 0 saturated carbocycles. The van der Waals surface area contributed by atoms with E-state index < -0.39 is 0 Å².